The van der Waals surface area contributed by atoms with E-state index in [-0.39, 0.29) is 5.91 Å². The molecule has 3 heterocycles. The van der Waals surface area contributed by atoms with Gasteiger partial charge in [0.05, 0.1) is 22.7 Å². The zero-order chi connectivity index (χ0) is 15.6. The summed E-state index contributed by atoms with van der Waals surface area (Å²) < 4.78 is 0. The number of rotatable bonds is 2. The highest BCUT2D eigenvalue weighted by atomic mass is 32.1. The maximum absolute atomic E-state index is 12.4. The summed E-state index contributed by atoms with van der Waals surface area (Å²) in [6, 6.07) is 7.70. The number of aromatic nitrogens is 1. The van der Waals surface area contributed by atoms with E-state index in [9.17, 15) is 4.79 Å². The van der Waals surface area contributed by atoms with Gasteiger partial charge in [-0.1, -0.05) is 6.07 Å². The van der Waals surface area contributed by atoms with Crippen LogP contribution in [-0.2, 0) is 12.8 Å². The molecule has 0 saturated heterocycles. The van der Waals surface area contributed by atoms with E-state index in [0.717, 1.165) is 29.1 Å². The number of thiophene rings is 1. The first-order valence-electron chi connectivity index (χ1n) is 7.77. The van der Waals surface area contributed by atoms with Gasteiger partial charge in [-0.15, -0.1) is 16.4 Å². The smallest absolute Gasteiger partial charge is 0.266 e. The van der Waals surface area contributed by atoms with Crippen LogP contribution in [0.2, 0.25) is 0 Å². The van der Waals surface area contributed by atoms with Crippen LogP contribution in [0.25, 0.3) is 0 Å². The maximum atomic E-state index is 12.4. The van der Waals surface area contributed by atoms with E-state index in [1.165, 1.54) is 23.3 Å². The zero-order valence-electron chi connectivity index (χ0n) is 12.6. The van der Waals surface area contributed by atoms with E-state index < -0.39 is 0 Å². The molecular weight excluding hydrogens is 308 g/mol. The highest BCUT2D eigenvalue weighted by Gasteiger charge is 2.21. The van der Waals surface area contributed by atoms with Crippen molar-refractivity contribution in [1.82, 2.24) is 10.3 Å². The quantitative estimate of drug-likeness (QED) is 0.923. The SMILES string of the molecule is O=C(NC1=NN=C(c2ccccn2)C1)c1cc2c(s1)CCCC2. The normalized spacial score (nSPS) is 16.5. The molecule has 0 radical (unpaired) electrons. The molecule has 0 unspecified atom stereocenters. The zero-order valence-corrected chi connectivity index (χ0v) is 13.4. The first-order valence-corrected chi connectivity index (χ1v) is 8.59. The summed E-state index contributed by atoms with van der Waals surface area (Å²) in [5.74, 6) is 0.502. The fraction of sp³-hybridized carbons (Fsp3) is 0.294. The molecule has 5 nitrogen and oxygen atoms in total. The van der Waals surface area contributed by atoms with Crippen molar-refractivity contribution in [3.05, 3.63) is 51.5 Å². The van der Waals surface area contributed by atoms with Gasteiger partial charge in [0.15, 0.2) is 0 Å². The molecule has 0 bridgehead atoms. The second kappa shape index (κ2) is 6.04. The summed E-state index contributed by atoms with van der Waals surface area (Å²) in [4.78, 5) is 18.8. The Bertz CT molecular complexity index is 784. The van der Waals surface area contributed by atoms with Crippen LogP contribution >= 0.6 is 11.3 Å². The van der Waals surface area contributed by atoms with Crippen molar-refractivity contribution >= 4 is 28.8 Å². The minimum Gasteiger partial charge on any atom is -0.308 e. The van der Waals surface area contributed by atoms with E-state index in [4.69, 9.17) is 0 Å². The average molecular weight is 324 g/mol. The van der Waals surface area contributed by atoms with Gasteiger partial charge in [-0.25, -0.2) is 0 Å². The minimum absolute atomic E-state index is 0.0828. The molecule has 1 amide bonds. The molecule has 23 heavy (non-hydrogen) atoms. The van der Waals surface area contributed by atoms with Crippen LogP contribution in [0.1, 0.15) is 45.1 Å². The van der Waals surface area contributed by atoms with Crippen LogP contribution < -0.4 is 5.32 Å². The lowest BCUT2D eigenvalue weighted by atomic mass is 9.99. The van der Waals surface area contributed by atoms with Crippen molar-refractivity contribution in [2.45, 2.75) is 32.1 Å². The molecule has 2 aromatic rings. The number of nitrogens with zero attached hydrogens (tertiary/aromatic N) is 3. The van der Waals surface area contributed by atoms with Crippen molar-refractivity contribution in [1.29, 1.82) is 0 Å². The van der Waals surface area contributed by atoms with Gasteiger partial charge in [0.25, 0.3) is 5.91 Å². The van der Waals surface area contributed by atoms with E-state index in [1.54, 1.807) is 17.5 Å². The van der Waals surface area contributed by atoms with E-state index in [1.807, 2.05) is 24.3 Å². The Balaban J connectivity index is 1.42. The lowest BCUT2D eigenvalue weighted by molar-refractivity contribution is 0.0980. The highest BCUT2D eigenvalue weighted by molar-refractivity contribution is 7.14. The first kappa shape index (κ1) is 14.3. The molecule has 0 aromatic carbocycles. The molecule has 0 atom stereocenters. The van der Waals surface area contributed by atoms with Gasteiger partial charge in [0.2, 0.25) is 0 Å². The van der Waals surface area contributed by atoms with Gasteiger partial charge >= 0.3 is 0 Å². The Kier molecular flexibility index (Phi) is 3.75. The second-order valence-corrected chi connectivity index (χ2v) is 6.84. The fourth-order valence-electron chi connectivity index (χ4n) is 2.89. The molecule has 1 aliphatic heterocycles. The molecule has 4 rings (SSSR count). The number of amides is 1. The van der Waals surface area contributed by atoms with Crippen molar-refractivity contribution < 1.29 is 4.79 Å². The largest absolute Gasteiger partial charge is 0.308 e. The number of nitrogens with one attached hydrogen (secondary N) is 1. The van der Waals surface area contributed by atoms with E-state index in [2.05, 4.69) is 20.5 Å². The standard InChI is InChI=1S/C17H16N4OS/c22-17(15-9-11-5-1-2-7-14(11)23-15)19-16-10-13(20-21-16)12-6-3-4-8-18-12/h3-4,6,8-9H,1-2,5,7,10H2,(H,19,21,22). The monoisotopic (exact) mass is 324 g/mol. The van der Waals surface area contributed by atoms with Crippen LogP contribution in [0.15, 0.2) is 40.7 Å². The lowest BCUT2D eigenvalue weighted by Crippen LogP contribution is -2.30. The molecule has 0 spiro atoms. The third-order valence-electron chi connectivity index (χ3n) is 4.07. The molecule has 1 N–H and O–H groups in total. The molecule has 2 aliphatic rings. The lowest BCUT2D eigenvalue weighted by Gasteiger charge is -2.08. The van der Waals surface area contributed by atoms with E-state index >= 15 is 0 Å². The topological polar surface area (TPSA) is 66.7 Å². The molecule has 116 valence electrons. The molecule has 0 fully saturated rings. The van der Waals surface area contributed by atoms with Crippen LogP contribution in [-0.4, -0.2) is 22.4 Å². The predicted molar refractivity (Wildman–Crippen MR) is 91.3 cm³/mol. The van der Waals surface area contributed by atoms with Gasteiger partial charge in [0.1, 0.15) is 5.84 Å². The first-order chi connectivity index (χ1) is 11.3. The fourth-order valence-corrected chi connectivity index (χ4v) is 4.04. The van der Waals surface area contributed by atoms with Crippen molar-refractivity contribution in [2.75, 3.05) is 0 Å². The summed E-state index contributed by atoms with van der Waals surface area (Å²) in [6.07, 6.45) is 6.87. The third kappa shape index (κ3) is 2.94. The average Bonchev–Trinajstić information content (AvgIpc) is 3.22. The number of fused-ring (bicyclic) bond motifs is 1. The minimum atomic E-state index is -0.0828. The number of carbonyl (C=O) groups is 1. The van der Waals surface area contributed by atoms with Gasteiger partial charge in [-0.2, -0.15) is 5.10 Å². The van der Waals surface area contributed by atoms with Gasteiger partial charge < -0.3 is 5.32 Å². The summed E-state index contributed by atoms with van der Waals surface area (Å²) >= 11 is 1.61. The number of hydrogen-bond donors (Lipinski definition) is 1. The summed E-state index contributed by atoms with van der Waals surface area (Å²) in [7, 11) is 0. The Hall–Kier alpha value is -2.34. The Labute approximate surface area is 138 Å². The predicted octanol–water partition coefficient (Wildman–Crippen LogP) is 2.96. The Morgan fingerprint density at radius 2 is 2.09 bits per heavy atom. The van der Waals surface area contributed by atoms with Crippen LogP contribution in [0.3, 0.4) is 0 Å². The van der Waals surface area contributed by atoms with Gasteiger partial charge in [-0.3, -0.25) is 9.78 Å². The number of hydrogen-bond acceptors (Lipinski definition) is 5. The van der Waals surface area contributed by atoms with E-state index in [0.29, 0.717) is 12.3 Å². The number of pyridine rings is 1. The molecule has 0 saturated carbocycles. The molecule has 6 heteroatoms. The summed E-state index contributed by atoms with van der Waals surface area (Å²) in [6.45, 7) is 0. The molecular formula is C17H16N4OS. The van der Waals surface area contributed by atoms with Gasteiger partial charge in [-0.05, 0) is 49.4 Å². The number of aryl methyl sites for hydroxylation is 2. The number of carbonyl (C=O) groups excluding carboxylic acids is 1. The highest BCUT2D eigenvalue weighted by Crippen LogP contribution is 2.29. The maximum Gasteiger partial charge on any atom is 0.266 e. The van der Waals surface area contributed by atoms with Crippen LogP contribution in [0.4, 0.5) is 0 Å². The van der Waals surface area contributed by atoms with Crippen LogP contribution in [0.5, 0.6) is 0 Å². The molecule has 1 aliphatic carbocycles. The van der Waals surface area contributed by atoms with Crippen molar-refractivity contribution in [3.63, 3.8) is 0 Å². The number of amidine groups is 1. The third-order valence-corrected chi connectivity index (χ3v) is 5.30. The Morgan fingerprint density at radius 3 is 2.91 bits per heavy atom. The van der Waals surface area contributed by atoms with Crippen molar-refractivity contribution in [3.8, 4) is 0 Å². The summed E-state index contributed by atoms with van der Waals surface area (Å²) in [5, 5.41) is 11.1. The molecule has 2 aromatic heterocycles. The second-order valence-electron chi connectivity index (χ2n) is 5.71. The Morgan fingerprint density at radius 1 is 1.17 bits per heavy atom. The van der Waals surface area contributed by atoms with Crippen molar-refractivity contribution in [2.24, 2.45) is 10.2 Å². The van der Waals surface area contributed by atoms with Gasteiger partial charge in [0, 0.05) is 11.1 Å². The summed E-state index contributed by atoms with van der Waals surface area (Å²) in [5.41, 5.74) is 2.92. The van der Waals surface area contributed by atoms with Crippen LogP contribution in [0, 0.1) is 0 Å².